The molecule has 1 aromatic heterocycles. The van der Waals surface area contributed by atoms with Crippen LogP contribution in [0.1, 0.15) is 22.4 Å². The first-order chi connectivity index (χ1) is 9.79. The van der Waals surface area contributed by atoms with Gasteiger partial charge in [0.1, 0.15) is 0 Å². The Morgan fingerprint density at radius 3 is 2.14 bits per heavy atom. The van der Waals surface area contributed by atoms with Gasteiger partial charge >= 0.3 is 6.16 Å². The van der Waals surface area contributed by atoms with Gasteiger partial charge in [0.05, 0.1) is 12.2 Å². The second-order valence-electron chi connectivity index (χ2n) is 5.12. The van der Waals surface area contributed by atoms with E-state index in [1.54, 1.807) is 6.20 Å². The van der Waals surface area contributed by atoms with Crippen LogP contribution in [-0.4, -0.2) is 11.1 Å². The zero-order valence-corrected chi connectivity index (χ0v) is 15.5. The summed E-state index contributed by atoms with van der Waals surface area (Å²) in [6.07, 6.45) is -1.33. The molecule has 2 rings (SSSR count). The van der Waals surface area contributed by atoms with Crippen molar-refractivity contribution in [3.63, 3.8) is 0 Å². The van der Waals surface area contributed by atoms with Gasteiger partial charge in [-0.1, -0.05) is 23.8 Å². The average Bonchev–Trinajstić information content (AvgIpc) is 2.36. The molecule has 2 nitrogen and oxygen atoms in total. The monoisotopic (exact) mass is 358 g/mol. The molecule has 0 saturated heterocycles. The van der Waals surface area contributed by atoms with Crippen molar-refractivity contribution in [2.75, 3.05) is 4.57 Å². The fraction of sp³-hybridized carbons (Fsp3) is 0.267. The third-order valence-corrected chi connectivity index (χ3v) is 6.09. The van der Waals surface area contributed by atoms with Crippen molar-refractivity contribution in [1.82, 2.24) is 4.98 Å². The van der Waals surface area contributed by atoms with Crippen LogP contribution < -0.4 is 4.57 Å². The van der Waals surface area contributed by atoms with Crippen molar-refractivity contribution in [1.29, 1.82) is 0 Å². The minimum Gasteiger partial charge on any atom is -0.356 e. The molecule has 0 amide bonds. The minimum absolute atomic E-state index is 0.494. The number of hydrogen-bond acceptors (Lipinski definition) is 2. The van der Waals surface area contributed by atoms with Crippen LogP contribution in [-0.2, 0) is 6.54 Å². The van der Waals surface area contributed by atoms with E-state index >= 15 is 0 Å². The van der Waals surface area contributed by atoms with E-state index in [1.165, 1.54) is 5.56 Å². The van der Waals surface area contributed by atoms with Gasteiger partial charge in [0.25, 0.3) is 0 Å². The van der Waals surface area contributed by atoms with E-state index in [-0.39, 0.29) is 0 Å². The Morgan fingerprint density at radius 2 is 1.67 bits per heavy atom. The fourth-order valence-electron chi connectivity index (χ4n) is 2.55. The van der Waals surface area contributed by atoms with Crippen molar-refractivity contribution < 1.29 is 0 Å². The lowest BCUT2D eigenvalue weighted by molar-refractivity contribution is 0.959. The number of nitrogens with zero attached hydrogens (tertiary/aromatic N) is 2. The summed E-state index contributed by atoms with van der Waals surface area (Å²) >= 11 is 19.0. The van der Waals surface area contributed by atoms with E-state index in [4.69, 9.17) is 33.2 Å². The van der Waals surface area contributed by atoms with Crippen LogP contribution in [0.2, 0.25) is 0 Å². The van der Waals surface area contributed by atoms with E-state index < -0.39 is 6.16 Å². The summed E-state index contributed by atoms with van der Waals surface area (Å²) in [5, 5.41) is 0. The number of aromatic nitrogens is 1. The van der Waals surface area contributed by atoms with Crippen LogP contribution in [0.3, 0.4) is 0 Å². The van der Waals surface area contributed by atoms with Crippen LogP contribution in [0, 0.1) is 20.8 Å². The third-order valence-electron chi connectivity index (χ3n) is 3.26. The summed E-state index contributed by atoms with van der Waals surface area (Å²) in [5.41, 5.74) is 5.32. The van der Waals surface area contributed by atoms with Gasteiger partial charge in [-0.2, -0.15) is 0 Å². The second-order valence-corrected chi connectivity index (χ2v) is 13.3. The Labute approximate surface area is 140 Å². The molecule has 0 aliphatic rings. The van der Waals surface area contributed by atoms with E-state index in [2.05, 4.69) is 24.0 Å². The lowest BCUT2D eigenvalue weighted by atomic mass is 10.1. The molecule has 1 aromatic carbocycles. The zero-order valence-electron chi connectivity index (χ0n) is 12.2. The van der Waals surface area contributed by atoms with Gasteiger partial charge in [-0.25, -0.2) is 0 Å². The van der Waals surface area contributed by atoms with Crippen molar-refractivity contribution >= 4 is 45.1 Å². The molecule has 0 fully saturated rings. The Bertz CT molecular complexity index is 604. The van der Waals surface area contributed by atoms with E-state index in [9.17, 15) is 0 Å². The quantitative estimate of drug-likeness (QED) is 0.553. The first kappa shape index (κ1) is 16.6. The van der Waals surface area contributed by atoms with Crippen LogP contribution >= 0.6 is 33.2 Å². The van der Waals surface area contributed by atoms with Gasteiger partial charge < -0.3 is 4.57 Å². The maximum absolute atomic E-state index is 6.34. The maximum atomic E-state index is 6.34. The summed E-state index contributed by atoms with van der Waals surface area (Å²) in [6.45, 7) is 6.66. The summed E-state index contributed by atoms with van der Waals surface area (Å²) < 4.78 is 1.89. The molecule has 0 atom stereocenters. The Kier molecular flexibility index (Phi) is 5.20. The molecule has 0 aliphatic carbocycles. The highest BCUT2D eigenvalue weighted by Gasteiger charge is 2.37. The standard InChI is InChI=1S/C15H17Cl3N2Si/c1-11-8-12(2)15(13(3)9-11)20(21(16,17)18)10-14-6-4-5-7-19-14/h4-9H,10H2,1-3H3. The second kappa shape index (κ2) is 6.57. The smallest absolute Gasteiger partial charge is 0.356 e. The van der Waals surface area contributed by atoms with E-state index in [1.807, 2.05) is 36.6 Å². The van der Waals surface area contributed by atoms with Gasteiger partial charge in [0.2, 0.25) is 0 Å². The van der Waals surface area contributed by atoms with Gasteiger partial charge in [-0.3, -0.25) is 4.98 Å². The largest absolute Gasteiger partial charge is 0.455 e. The summed E-state index contributed by atoms with van der Waals surface area (Å²) in [4.78, 5) is 4.34. The number of pyridine rings is 1. The summed E-state index contributed by atoms with van der Waals surface area (Å²) in [5.74, 6) is 0. The van der Waals surface area contributed by atoms with Crippen molar-refractivity contribution in [3.05, 3.63) is 58.9 Å². The molecule has 1 heterocycles. The first-order valence-electron chi connectivity index (χ1n) is 6.61. The van der Waals surface area contributed by atoms with Crippen molar-refractivity contribution in [2.24, 2.45) is 0 Å². The van der Waals surface area contributed by atoms with Gasteiger partial charge in [-0.05, 0) is 44.0 Å². The molecule has 0 saturated carbocycles. The molecule has 0 spiro atoms. The number of hydrogen-bond donors (Lipinski definition) is 0. The normalized spacial score (nSPS) is 11.5. The first-order valence-corrected chi connectivity index (χ1v) is 11.6. The molecule has 112 valence electrons. The Morgan fingerprint density at radius 1 is 1.05 bits per heavy atom. The number of rotatable bonds is 4. The zero-order chi connectivity index (χ0) is 15.6. The molecule has 6 heteroatoms. The van der Waals surface area contributed by atoms with Gasteiger partial charge in [-0.15, -0.1) is 33.2 Å². The molecule has 0 N–H and O–H groups in total. The molecule has 0 radical (unpaired) electrons. The number of aryl methyl sites for hydroxylation is 3. The highest BCUT2D eigenvalue weighted by molar-refractivity contribution is 7.65. The third kappa shape index (κ3) is 4.13. The molecular weight excluding hydrogens is 343 g/mol. The van der Waals surface area contributed by atoms with Crippen molar-refractivity contribution in [2.45, 2.75) is 27.3 Å². The topological polar surface area (TPSA) is 16.1 Å². The minimum atomic E-state index is -3.08. The lowest BCUT2D eigenvalue weighted by Crippen LogP contribution is -2.41. The highest BCUT2D eigenvalue weighted by Crippen LogP contribution is 2.36. The van der Waals surface area contributed by atoms with Crippen LogP contribution in [0.5, 0.6) is 0 Å². The predicted octanol–water partition coefficient (Wildman–Crippen LogP) is 5.17. The number of anilines is 1. The van der Waals surface area contributed by atoms with E-state index in [0.717, 1.165) is 22.5 Å². The Balaban J connectivity index is 2.47. The molecule has 0 unspecified atom stereocenters. The average molecular weight is 360 g/mol. The van der Waals surface area contributed by atoms with Crippen LogP contribution in [0.4, 0.5) is 5.69 Å². The Hall–Kier alpha value is -0.743. The lowest BCUT2D eigenvalue weighted by Gasteiger charge is -2.32. The number of halogens is 3. The van der Waals surface area contributed by atoms with E-state index in [0.29, 0.717) is 6.54 Å². The van der Waals surface area contributed by atoms with Crippen molar-refractivity contribution in [3.8, 4) is 0 Å². The summed E-state index contributed by atoms with van der Waals surface area (Å²) in [7, 11) is 0. The SMILES string of the molecule is Cc1cc(C)c(N(Cc2ccccn2)[Si](Cl)(Cl)Cl)c(C)c1. The van der Waals surface area contributed by atoms with Gasteiger partial charge in [0.15, 0.2) is 0 Å². The molecule has 0 bridgehead atoms. The molecular formula is C15H17Cl3N2Si. The van der Waals surface area contributed by atoms with Gasteiger partial charge in [0, 0.05) is 11.9 Å². The molecule has 0 aliphatic heterocycles. The fourth-order valence-corrected chi connectivity index (χ4v) is 4.79. The predicted molar refractivity (Wildman–Crippen MR) is 94.4 cm³/mol. The molecule has 21 heavy (non-hydrogen) atoms. The molecule has 2 aromatic rings. The summed E-state index contributed by atoms with van der Waals surface area (Å²) in [6, 6.07) is 9.98. The van der Waals surface area contributed by atoms with Crippen LogP contribution in [0.25, 0.3) is 0 Å². The van der Waals surface area contributed by atoms with Crippen LogP contribution in [0.15, 0.2) is 36.5 Å². The number of benzene rings is 1. The highest BCUT2D eigenvalue weighted by atomic mass is 35.8. The maximum Gasteiger partial charge on any atom is 0.455 e.